The second-order valence-electron chi connectivity index (χ2n) is 8.91. The van der Waals surface area contributed by atoms with Gasteiger partial charge in [0.05, 0.1) is 11.5 Å². The molecule has 174 valence electrons. The molecular weight excluding hydrogens is 428 g/mol. The number of aromatic nitrogens is 2. The maximum absolute atomic E-state index is 12.9. The summed E-state index contributed by atoms with van der Waals surface area (Å²) in [5, 5.41) is 19.0. The largest absolute Gasteiger partial charge is 0.344 e. The van der Waals surface area contributed by atoms with Gasteiger partial charge in [-0.05, 0) is 63.1 Å². The van der Waals surface area contributed by atoms with Gasteiger partial charge in [0.25, 0.3) is 11.8 Å². The Balaban J connectivity index is 1.43. The number of urea groups is 1. The zero-order valence-electron chi connectivity index (χ0n) is 18.8. The Bertz CT molecular complexity index is 1130. The van der Waals surface area contributed by atoms with Gasteiger partial charge in [-0.25, -0.2) is 4.79 Å². The van der Waals surface area contributed by atoms with Gasteiger partial charge in [0.15, 0.2) is 0 Å². The molecule has 0 unspecified atom stereocenters. The number of amides is 4. The van der Waals surface area contributed by atoms with Gasteiger partial charge in [-0.3, -0.25) is 29.8 Å². The lowest BCUT2D eigenvalue weighted by molar-refractivity contribution is -0.386. The first-order valence-electron chi connectivity index (χ1n) is 10.9. The van der Waals surface area contributed by atoms with Crippen LogP contribution in [0.25, 0.3) is 0 Å². The Hall–Kier alpha value is -3.76. The predicted octanol–water partition coefficient (Wildman–Crippen LogP) is 2.60. The van der Waals surface area contributed by atoms with E-state index in [2.05, 4.69) is 22.8 Å². The average Bonchev–Trinajstić information content (AvgIpc) is 3.17. The molecule has 2 aromatic rings. The number of carbonyl (C=O) groups is 3. The van der Waals surface area contributed by atoms with Crippen LogP contribution in [0.15, 0.2) is 24.3 Å². The van der Waals surface area contributed by atoms with E-state index in [0.29, 0.717) is 36.7 Å². The van der Waals surface area contributed by atoms with Gasteiger partial charge in [-0.15, -0.1) is 0 Å². The molecule has 1 aromatic heterocycles. The molecule has 2 fully saturated rings. The molecule has 4 rings (SSSR count). The first-order chi connectivity index (χ1) is 15.6. The van der Waals surface area contributed by atoms with E-state index in [4.69, 9.17) is 0 Å². The van der Waals surface area contributed by atoms with Crippen LogP contribution >= 0.6 is 0 Å². The number of carbonyl (C=O) groups excluding carboxylic acids is 3. The maximum Gasteiger partial charge on any atom is 0.344 e. The molecule has 1 saturated carbocycles. The van der Waals surface area contributed by atoms with Crippen LogP contribution in [0, 0.1) is 29.9 Å². The molecule has 0 bridgehead atoms. The van der Waals surface area contributed by atoms with Crippen molar-refractivity contribution >= 4 is 23.5 Å². The molecular formula is C22H26N6O5. The Morgan fingerprint density at radius 2 is 1.88 bits per heavy atom. The monoisotopic (exact) mass is 454 g/mol. The highest BCUT2D eigenvalue weighted by atomic mass is 16.6. The SMILES string of the molecule is Cc1nn(Cc2ccc(C(=O)NN3C(=O)NC4(CCC(C)CC4)C3=O)cc2)c(C)c1[N+](=O)[O-]. The first kappa shape index (κ1) is 22.4. The molecule has 11 nitrogen and oxygen atoms in total. The van der Waals surface area contributed by atoms with Crippen LogP contribution in [0.5, 0.6) is 0 Å². The van der Waals surface area contributed by atoms with E-state index in [1.807, 2.05) is 0 Å². The van der Waals surface area contributed by atoms with Crippen molar-refractivity contribution in [3.05, 3.63) is 56.9 Å². The molecule has 1 spiro atoms. The minimum absolute atomic E-state index is 0.00949. The van der Waals surface area contributed by atoms with Crippen LogP contribution < -0.4 is 10.7 Å². The van der Waals surface area contributed by atoms with Crippen molar-refractivity contribution in [1.82, 2.24) is 25.5 Å². The van der Waals surface area contributed by atoms with Crippen LogP contribution in [0.4, 0.5) is 10.5 Å². The summed E-state index contributed by atoms with van der Waals surface area (Å²) in [6.45, 7) is 5.64. The number of rotatable bonds is 5. The summed E-state index contributed by atoms with van der Waals surface area (Å²) < 4.78 is 1.54. The van der Waals surface area contributed by atoms with Crippen LogP contribution in [-0.4, -0.2) is 43.1 Å². The van der Waals surface area contributed by atoms with E-state index in [0.717, 1.165) is 23.4 Å². The van der Waals surface area contributed by atoms with Crippen molar-refractivity contribution in [3.63, 3.8) is 0 Å². The lowest BCUT2D eigenvalue weighted by Gasteiger charge is -2.33. The fourth-order valence-corrected chi connectivity index (χ4v) is 4.52. The highest BCUT2D eigenvalue weighted by molar-refractivity contribution is 6.09. The number of aryl methyl sites for hydroxylation is 1. The highest BCUT2D eigenvalue weighted by Crippen LogP contribution is 2.35. The van der Waals surface area contributed by atoms with Gasteiger partial charge < -0.3 is 5.32 Å². The zero-order chi connectivity index (χ0) is 23.9. The van der Waals surface area contributed by atoms with E-state index >= 15 is 0 Å². The molecule has 1 aliphatic heterocycles. The number of nitrogens with one attached hydrogen (secondary N) is 2. The fourth-order valence-electron chi connectivity index (χ4n) is 4.52. The second kappa shape index (κ2) is 8.30. The quantitative estimate of drug-likeness (QED) is 0.404. The van der Waals surface area contributed by atoms with Crippen molar-refractivity contribution in [2.24, 2.45) is 5.92 Å². The van der Waals surface area contributed by atoms with Crippen LogP contribution in [0.3, 0.4) is 0 Å². The number of nitrogens with zero attached hydrogens (tertiary/aromatic N) is 4. The van der Waals surface area contributed by atoms with E-state index < -0.39 is 28.3 Å². The number of imide groups is 1. The average molecular weight is 454 g/mol. The number of nitro groups is 1. The Labute approximate surface area is 190 Å². The van der Waals surface area contributed by atoms with Gasteiger partial charge in [-0.2, -0.15) is 10.1 Å². The zero-order valence-corrected chi connectivity index (χ0v) is 18.8. The second-order valence-corrected chi connectivity index (χ2v) is 8.91. The molecule has 0 atom stereocenters. The molecule has 11 heteroatoms. The molecule has 2 heterocycles. The molecule has 33 heavy (non-hydrogen) atoms. The minimum Gasteiger partial charge on any atom is -0.322 e. The number of hydrazine groups is 1. The van der Waals surface area contributed by atoms with Gasteiger partial charge >= 0.3 is 11.7 Å². The summed E-state index contributed by atoms with van der Waals surface area (Å²) in [6, 6.07) is 5.92. The van der Waals surface area contributed by atoms with Gasteiger partial charge in [-0.1, -0.05) is 19.1 Å². The van der Waals surface area contributed by atoms with Crippen LogP contribution in [0.2, 0.25) is 0 Å². The summed E-state index contributed by atoms with van der Waals surface area (Å²) in [5.74, 6) is -0.494. The molecule has 1 saturated heterocycles. The van der Waals surface area contributed by atoms with E-state index in [-0.39, 0.29) is 11.3 Å². The van der Waals surface area contributed by atoms with Gasteiger partial charge in [0, 0.05) is 5.56 Å². The Morgan fingerprint density at radius 1 is 1.24 bits per heavy atom. The Morgan fingerprint density at radius 3 is 2.45 bits per heavy atom. The molecule has 0 radical (unpaired) electrons. The normalized spacial score (nSPS) is 22.5. The number of hydrogen-bond acceptors (Lipinski definition) is 6. The first-order valence-corrected chi connectivity index (χ1v) is 10.9. The van der Waals surface area contributed by atoms with E-state index in [1.54, 1.807) is 42.8 Å². The lowest BCUT2D eigenvalue weighted by Crippen LogP contribution is -2.51. The molecule has 2 aliphatic rings. The van der Waals surface area contributed by atoms with Crippen LogP contribution in [-0.2, 0) is 11.3 Å². The maximum atomic E-state index is 12.9. The Kier molecular flexibility index (Phi) is 5.64. The standard InChI is InChI=1S/C22H26N6O5/c1-13-8-10-22(11-9-13)20(30)27(21(31)23-22)25-19(29)17-6-4-16(5-7-17)12-26-15(3)18(28(32)33)14(2)24-26/h4-7,13H,8-12H2,1-3H3,(H,23,31)(H,25,29). The van der Waals surface area contributed by atoms with E-state index in [9.17, 15) is 24.5 Å². The summed E-state index contributed by atoms with van der Waals surface area (Å²) >= 11 is 0. The summed E-state index contributed by atoms with van der Waals surface area (Å²) in [6.07, 6.45) is 2.80. The third-order valence-corrected chi connectivity index (χ3v) is 6.58. The third-order valence-electron chi connectivity index (χ3n) is 6.58. The number of benzene rings is 1. The van der Waals surface area contributed by atoms with Crippen molar-refractivity contribution in [1.29, 1.82) is 0 Å². The molecule has 4 amide bonds. The smallest absolute Gasteiger partial charge is 0.322 e. The lowest BCUT2D eigenvalue weighted by atomic mass is 9.77. The van der Waals surface area contributed by atoms with Crippen molar-refractivity contribution in [2.45, 2.75) is 58.5 Å². The topological polar surface area (TPSA) is 139 Å². The summed E-state index contributed by atoms with van der Waals surface area (Å²) in [7, 11) is 0. The third kappa shape index (κ3) is 4.06. The van der Waals surface area contributed by atoms with Crippen molar-refractivity contribution < 1.29 is 19.3 Å². The minimum atomic E-state index is -0.927. The summed E-state index contributed by atoms with van der Waals surface area (Å²) in [5.41, 5.74) is 3.33. The highest BCUT2D eigenvalue weighted by Gasteiger charge is 2.52. The predicted molar refractivity (Wildman–Crippen MR) is 117 cm³/mol. The molecule has 1 aliphatic carbocycles. The fraction of sp³-hybridized carbons (Fsp3) is 0.455. The van der Waals surface area contributed by atoms with E-state index in [1.165, 1.54) is 0 Å². The molecule has 1 aromatic carbocycles. The van der Waals surface area contributed by atoms with Crippen molar-refractivity contribution in [2.75, 3.05) is 0 Å². The number of hydrogen-bond donors (Lipinski definition) is 2. The van der Waals surface area contributed by atoms with Crippen molar-refractivity contribution in [3.8, 4) is 0 Å². The summed E-state index contributed by atoms with van der Waals surface area (Å²) in [4.78, 5) is 48.7. The molecule has 2 N–H and O–H groups in total. The van der Waals surface area contributed by atoms with Gasteiger partial charge in [0.2, 0.25) is 0 Å². The van der Waals surface area contributed by atoms with Gasteiger partial charge in [0.1, 0.15) is 16.9 Å². The van der Waals surface area contributed by atoms with Crippen LogP contribution in [0.1, 0.15) is 59.9 Å².